The molecule has 0 aliphatic carbocycles. The summed E-state index contributed by atoms with van der Waals surface area (Å²) in [7, 11) is 3.29. The van der Waals surface area contributed by atoms with Gasteiger partial charge in [-0.2, -0.15) is 0 Å². The first kappa shape index (κ1) is 24.8. The molecular formula is C29H32IN3O3. The fraction of sp³-hybridized carbons (Fsp3) is 0.310. The van der Waals surface area contributed by atoms with Gasteiger partial charge in [0.15, 0.2) is 17.2 Å². The number of aromatic nitrogens is 1. The van der Waals surface area contributed by atoms with E-state index in [-0.39, 0.29) is 0 Å². The van der Waals surface area contributed by atoms with E-state index >= 15 is 0 Å². The Morgan fingerprint density at radius 1 is 0.861 bits per heavy atom. The number of halogens is 1. The first-order chi connectivity index (χ1) is 17.7. The summed E-state index contributed by atoms with van der Waals surface area (Å²) in [4.78, 5) is 8.40. The number of H-pyrrole nitrogens is 1. The average Bonchev–Trinajstić information content (AvgIpc) is 3.31. The van der Waals surface area contributed by atoms with Gasteiger partial charge in [0.1, 0.15) is 0 Å². The third-order valence-electron chi connectivity index (χ3n) is 6.82. The van der Waals surface area contributed by atoms with Crippen LogP contribution in [0.3, 0.4) is 0 Å². The quantitative estimate of drug-likeness (QED) is 0.229. The number of nitrogens with zero attached hydrogens (tertiary/aromatic N) is 2. The van der Waals surface area contributed by atoms with Gasteiger partial charge in [-0.05, 0) is 90.0 Å². The van der Waals surface area contributed by atoms with Gasteiger partial charge in [-0.15, -0.1) is 0 Å². The number of fused-ring (bicyclic) bond motifs is 1. The topological polar surface area (TPSA) is 50.0 Å². The lowest BCUT2D eigenvalue weighted by atomic mass is 10.1. The van der Waals surface area contributed by atoms with Crippen molar-refractivity contribution in [3.05, 3.63) is 76.0 Å². The maximum absolute atomic E-state index is 6.37. The van der Waals surface area contributed by atoms with Gasteiger partial charge < -0.3 is 24.1 Å². The van der Waals surface area contributed by atoms with E-state index in [1.54, 1.807) is 14.2 Å². The predicted molar refractivity (Wildman–Crippen MR) is 154 cm³/mol. The van der Waals surface area contributed by atoms with E-state index in [9.17, 15) is 0 Å². The molecule has 5 rings (SSSR count). The van der Waals surface area contributed by atoms with Crippen molar-refractivity contribution in [2.75, 3.05) is 51.8 Å². The SMILES string of the molecule is COc1cccc(OC)c1Oc1ccccc1N1CCN(CCCc2c[nH]c3ccc(I)cc23)CC1. The number of piperazine rings is 1. The summed E-state index contributed by atoms with van der Waals surface area (Å²) in [6, 6.07) is 20.5. The van der Waals surface area contributed by atoms with Gasteiger partial charge in [0.2, 0.25) is 5.75 Å². The van der Waals surface area contributed by atoms with E-state index in [0.29, 0.717) is 17.2 Å². The number of hydrogen-bond donors (Lipinski definition) is 1. The molecule has 4 aromatic rings. The van der Waals surface area contributed by atoms with E-state index in [4.69, 9.17) is 14.2 Å². The molecule has 6 nitrogen and oxygen atoms in total. The number of ether oxygens (including phenoxy) is 3. The minimum absolute atomic E-state index is 0.598. The molecule has 36 heavy (non-hydrogen) atoms. The Kier molecular flexibility index (Phi) is 7.87. The molecule has 7 heteroatoms. The smallest absolute Gasteiger partial charge is 0.211 e. The lowest BCUT2D eigenvalue weighted by Crippen LogP contribution is -2.46. The Bertz CT molecular complexity index is 1290. The van der Waals surface area contributed by atoms with E-state index in [2.05, 4.69) is 73.9 Å². The highest BCUT2D eigenvalue weighted by Crippen LogP contribution is 2.42. The number of aromatic amines is 1. The van der Waals surface area contributed by atoms with Crippen LogP contribution in [-0.4, -0.2) is 56.8 Å². The highest BCUT2D eigenvalue weighted by Gasteiger charge is 2.21. The summed E-state index contributed by atoms with van der Waals surface area (Å²) in [5.74, 6) is 2.71. The summed E-state index contributed by atoms with van der Waals surface area (Å²) >= 11 is 2.39. The summed E-state index contributed by atoms with van der Waals surface area (Å²) in [5, 5.41) is 1.36. The van der Waals surface area contributed by atoms with Gasteiger partial charge in [0, 0.05) is 46.8 Å². The second-order valence-corrected chi connectivity index (χ2v) is 10.2. The summed E-state index contributed by atoms with van der Waals surface area (Å²) < 4.78 is 18.7. The van der Waals surface area contributed by atoms with Gasteiger partial charge in [0.05, 0.1) is 19.9 Å². The largest absolute Gasteiger partial charge is 0.493 e. The Morgan fingerprint density at radius 2 is 1.58 bits per heavy atom. The minimum Gasteiger partial charge on any atom is -0.493 e. The minimum atomic E-state index is 0.598. The van der Waals surface area contributed by atoms with E-state index in [0.717, 1.165) is 57.0 Å². The van der Waals surface area contributed by atoms with Crippen molar-refractivity contribution in [1.29, 1.82) is 0 Å². The summed E-state index contributed by atoms with van der Waals surface area (Å²) in [6.07, 6.45) is 4.43. The summed E-state index contributed by atoms with van der Waals surface area (Å²) in [6.45, 7) is 5.13. The Labute approximate surface area is 226 Å². The van der Waals surface area contributed by atoms with E-state index < -0.39 is 0 Å². The van der Waals surface area contributed by atoms with E-state index in [1.807, 2.05) is 30.3 Å². The lowest BCUT2D eigenvalue weighted by Gasteiger charge is -2.36. The van der Waals surface area contributed by atoms with Crippen LogP contribution in [0.2, 0.25) is 0 Å². The van der Waals surface area contributed by atoms with Crippen LogP contribution in [0, 0.1) is 3.57 Å². The van der Waals surface area contributed by atoms with Gasteiger partial charge in [0.25, 0.3) is 0 Å². The van der Waals surface area contributed by atoms with Crippen LogP contribution in [0.25, 0.3) is 10.9 Å². The molecule has 1 aliphatic heterocycles. The van der Waals surface area contributed by atoms with Crippen molar-refractivity contribution in [3.8, 4) is 23.0 Å². The fourth-order valence-electron chi connectivity index (χ4n) is 4.90. The molecule has 1 aliphatic rings. The third kappa shape index (κ3) is 5.42. The van der Waals surface area contributed by atoms with Gasteiger partial charge in [-0.25, -0.2) is 0 Å². The zero-order valence-electron chi connectivity index (χ0n) is 20.8. The molecule has 0 atom stereocenters. The molecule has 1 fully saturated rings. The molecule has 2 heterocycles. The monoisotopic (exact) mass is 597 g/mol. The van der Waals surface area contributed by atoms with Crippen LogP contribution in [-0.2, 0) is 6.42 Å². The molecule has 0 bridgehead atoms. The number of hydrogen-bond acceptors (Lipinski definition) is 5. The predicted octanol–water partition coefficient (Wildman–Crippen LogP) is 6.34. The third-order valence-corrected chi connectivity index (χ3v) is 7.49. The Morgan fingerprint density at radius 3 is 2.33 bits per heavy atom. The number of para-hydroxylation sites is 3. The molecule has 188 valence electrons. The van der Waals surface area contributed by atoms with Gasteiger partial charge in [-0.1, -0.05) is 18.2 Å². The average molecular weight is 597 g/mol. The Hall–Kier alpha value is -2.91. The van der Waals surface area contributed by atoms with Gasteiger partial charge in [-0.3, -0.25) is 4.90 Å². The number of aryl methyl sites for hydroxylation is 1. The van der Waals surface area contributed by atoms with Crippen molar-refractivity contribution >= 4 is 39.2 Å². The van der Waals surface area contributed by atoms with Crippen LogP contribution < -0.4 is 19.1 Å². The lowest BCUT2D eigenvalue weighted by molar-refractivity contribution is 0.254. The van der Waals surface area contributed by atoms with Crippen molar-refractivity contribution in [3.63, 3.8) is 0 Å². The maximum Gasteiger partial charge on any atom is 0.211 e. The Balaban J connectivity index is 1.19. The number of anilines is 1. The molecule has 1 N–H and O–H groups in total. The highest BCUT2D eigenvalue weighted by molar-refractivity contribution is 14.1. The van der Waals surface area contributed by atoms with Gasteiger partial charge >= 0.3 is 0 Å². The van der Waals surface area contributed by atoms with Crippen molar-refractivity contribution in [2.24, 2.45) is 0 Å². The molecular weight excluding hydrogens is 565 g/mol. The number of benzene rings is 3. The normalized spacial score (nSPS) is 14.2. The highest BCUT2D eigenvalue weighted by atomic mass is 127. The molecule has 0 amide bonds. The molecule has 0 radical (unpaired) electrons. The molecule has 1 saturated heterocycles. The van der Waals surface area contributed by atoms with Crippen LogP contribution in [0.1, 0.15) is 12.0 Å². The number of methoxy groups -OCH3 is 2. The molecule has 0 spiro atoms. The number of nitrogens with one attached hydrogen (secondary N) is 1. The van der Waals surface area contributed by atoms with Crippen molar-refractivity contribution in [1.82, 2.24) is 9.88 Å². The number of rotatable bonds is 9. The second-order valence-electron chi connectivity index (χ2n) is 9.00. The van der Waals surface area contributed by atoms with Crippen LogP contribution in [0.15, 0.2) is 66.9 Å². The van der Waals surface area contributed by atoms with Crippen LogP contribution in [0.5, 0.6) is 23.0 Å². The molecule has 1 aromatic heterocycles. The maximum atomic E-state index is 6.37. The summed E-state index contributed by atoms with van der Waals surface area (Å²) in [5.41, 5.74) is 3.74. The van der Waals surface area contributed by atoms with Crippen LogP contribution in [0.4, 0.5) is 5.69 Å². The zero-order valence-corrected chi connectivity index (χ0v) is 23.0. The van der Waals surface area contributed by atoms with Crippen molar-refractivity contribution < 1.29 is 14.2 Å². The van der Waals surface area contributed by atoms with E-state index in [1.165, 1.54) is 20.0 Å². The zero-order chi connectivity index (χ0) is 24.9. The second kappa shape index (κ2) is 11.4. The molecule has 3 aromatic carbocycles. The first-order valence-corrected chi connectivity index (χ1v) is 13.4. The van der Waals surface area contributed by atoms with Crippen molar-refractivity contribution in [2.45, 2.75) is 12.8 Å². The van der Waals surface area contributed by atoms with Crippen LogP contribution >= 0.6 is 22.6 Å². The molecule has 0 unspecified atom stereocenters. The molecule has 0 saturated carbocycles. The standard InChI is InChI=1S/C29H32IN3O3/c1-34-27-10-5-11-28(35-2)29(27)36-26-9-4-3-8-25(26)33-17-15-32(16-18-33)14-6-7-21-20-31-24-13-12-22(30)19-23(21)24/h3-5,8-13,19-20,31H,6-7,14-18H2,1-2H3. The first-order valence-electron chi connectivity index (χ1n) is 12.4. The fourth-order valence-corrected chi connectivity index (χ4v) is 5.39.